The van der Waals surface area contributed by atoms with Crippen molar-refractivity contribution in [3.63, 3.8) is 0 Å². The van der Waals surface area contributed by atoms with E-state index in [0.717, 1.165) is 16.3 Å². The molecule has 152 valence electrons. The first-order valence-electron chi connectivity index (χ1n) is 8.77. The van der Waals surface area contributed by atoms with Crippen LogP contribution in [0.2, 0.25) is 0 Å². The molecule has 0 aliphatic carbocycles. The molecule has 0 heterocycles. The molecule has 2 aromatic carbocycles. The van der Waals surface area contributed by atoms with Crippen LogP contribution in [-0.4, -0.2) is 51.7 Å². The van der Waals surface area contributed by atoms with Gasteiger partial charge in [-0.2, -0.15) is 4.31 Å². The van der Waals surface area contributed by atoms with Crippen molar-refractivity contribution in [3.05, 3.63) is 60.2 Å². The Bertz CT molecular complexity index is 869. The highest BCUT2D eigenvalue weighted by Crippen LogP contribution is 2.22. The number of nitrogens with zero attached hydrogens (tertiary/aromatic N) is 1. The molecule has 8 heteroatoms. The molecule has 1 amide bonds. The number of methoxy groups -OCH3 is 1. The van der Waals surface area contributed by atoms with Crippen molar-refractivity contribution in [1.82, 2.24) is 9.62 Å². The lowest BCUT2D eigenvalue weighted by atomic mass is 10.1. The van der Waals surface area contributed by atoms with E-state index in [1.807, 2.05) is 6.07 Å². The Morgan fingerprint density at radius 3 is 2.18 bits per heavy atom. The van der Waals surface area contributed by atoms with Gasteiger partial charge in [-0.05, 0) is 36.8 Å². The molecular weight excluding hydrogens is 380 g/mol. The van der Waals surface area contributed by atoms with Crippen LogP contribution < -0.4 is 14.8 Å². The van der Waals surface area contributed by atoms with Gasteiger partial charge in [-0.25, -0.2) is 8.42 Å². The van der Waals surface area contributed by atoms with Crippen LogP contribution in [-0.2, 0) is 14.8 Å². The zero-order valence-corrected chi connectivity index (χ0v) is 17.3. The largest absolute Gasteiger partial charge is 0.497 e. The minimum absolute atomic E-state index is 0.238. The Hall–Kier alpha value is -2.58. The molecule has 1 N–H and O–H groups in total. The summed E-state index contributed by atoms with van der Waals surface area (Å²) >= 11 is 0. The number of hydrogen-bond donors (Lipinski definition) is 1. The van der Waals surface area contributed by atoms with E-state index >= 15 is 0 Å². The Balaban J connectivity index is 2.05. The number of carbonyl (C=O) groups is 1. The summed E-state index contributed by atoms with van der Waals surface area (Å²) in [5.74, 6) is 0.961. The average Bonchev–Trinajstić information content (AvgIpc) is 2.67. The number of hydrogen-bond acceptors (Lipinski definition) is 5. The van der Waals surface area contributed by atoms with Crippen LogP contribution in [0, 0.1) is 0 Å². The summed E-state index contributed by atoms with van der Waals surface area (Å²) < 4.78 is 35.9. The van der Waals surface area contributed by atoms with Gasteiger partial charge in [0.05, 0.1) is 19.4 Å². The molecule has 2 rings (SSSR count). The lowest BCUT2D eigenvalue weighted by molar-refractivity contribution is -0.125. The Kier molecular flexibility index (Phi) is 7.42. The summed E-state index contributed by atoms with van der Waals surface area (Å²) in [6.07, 6.45) is 1.08. The average molecular weight is 407 g/mol. The topological polar surface area (TPSA) is 84.9 Å². The number of carbonyl (C=O) groups excluding carboxylic acids is 1. The second-order valence-corrected chi connectivity index (χ2v) is 8.53. The molecule has 7 nitrogen and oxygen atoms in total. The van der Waals surface area contributed by atoms with E-state index in [1.165, 1.54) is 7.05 Å². The Morgan fingerprint density at radius 2 is 1.64 bits per heavy atom. The second kappa shape index (κ2) is 9.57. The highest BCUT2D eigenvalue weighted by Gasteiger charge is 2.31. The van der Waals surface area contributed by atoms with Crippen molar-refractivity contribution < 1.29 is 22.7 Å². The monoisotopic (exact) mass is 406 g/mol. The minimum Gasteiger partial charge on any atom is -0.497 e. The molecule has 0 aliphatic heterocycles. The molecule has 0 aromatic heterocycles. The van der Waals surface area contributed by atoms with E-state index in [2.05, 4.69) is 5.32 Å². The van der Waals surface area contributed by atoms with Crippen molar-refractivity contribution in [3.8, 4) is 11.5 Å². The quantitative estimate of drug-likeness (QED) is 0.690. The van der Waals surface area contributed by atoms with Crippen LogP contribution in [0.3, 0.4) is 0 Å². The molecule has 0 unspecified atom stereocenters. The molecular formula is C20H26N2O5S. The predicted octanol–water partition coefficient (Wildman–Crippen LogP) is 2.21. The number of nitrogens with one attached hydrogen (secondary N) is 1. The van der Waals surface area contributed by atoms with Gasteiger partial charge in [-0.15, -0.1) is 0 Å². The number of ether oxygens (including phenoxy) is 2. The van der Waals surface area contributed by atoms with E-state index in [-0.39, 0.29) is 12.6 Å². The maximum atomic E-state index is 12.8. The lowest BCUT2D eigenvalue weighted by Gasteiger charge is -2.27. The van der Waals surface area contributed by atoms with E-state index in [1.54, 1.807) is 62.6 Å². The third-order valence-corrected chi connectivity index (χ3v) is 5.46. The first-order valence-corrected chi connectivity index (χ1v) is 10.6. The van der Waals surface area contributed by atoms with E-state index in [0.29, 0.717) is 11.3 Å². The smallest absolute Gasteiger partial charge is 0.243 e. The molecule has 2 atom stereocenters. The van der Waals surface area contributed by atoms with Gasteiger partial charge >= 0.3 is 0 Å². The summed E-state index contributed by atoms with van der Waals surface area (Å²) in [5.41, 5.74) is 0.594. The van der Waals surface area contributed by atoms with Gasteiger partial charge in [0.2, 0.25) is 15.9 Å². The summed E-state index contributed by atoms with van der Waals surface area (Å²) in [5, 5.41) is 2.83. The third-order valence-electron chi connectivity index (χ3n) is 4.20. The van der Waals surface area contributed by atoms with Gasteiger partial charge in [-0.3, -0.25) is 4.79 Å². The fraction of sp³-hybridized carbons (Fsp3) is 0.350. The van der Waals surface area contributed by atoms with Crippen molar-refractivity contribution >= 4 is 15.9 Å². The van der Waals surface area contributed by atoms with Gasteiger partial charge in [0.1, 0.15) is 24.1 Å². The molecule has 0 saturated carbocycles. The fourth-order valence-electron chi connectivity index (χ4n) is 2.61. The molecule has 0 spiro atoms. The van der Waals surface area contributed by atoms with Crippen molar-refractivity contribution in [2.45, 2.75) is 19.0 Å². The molecule has 0 saturated heterocycles. The number of amides is 1. The lowest BCUT2D eigenvalue weighted by Crippen LogP contribution is -2.45. The van der Waals surface area contributed by atoms with Crippen LogP contribution in [0.1, 0.15) is 18.5 Å². The van der Waals surface area contributed by atoms with Crippen molar-refractivity contribution in [2.24, 2.45) is 0 Å². The molecule has 0 radical (unpaired) electrons. The van der Waals surface area contributed by atoms with Crippen LogP contribution in [0.5, 0.6) is 11.5 Å². The highest BCUT2D eigenvalue weighted by molar-refractivity contribution is 7.88. The van der Waals surface area contributed by atoms with Gasteiger partial charge in [0.25, 0.3) is 0 Å². The molecule has 28 heavy (non-hydrogen) atoms. The number of sulfonamides is 1. The third kappa shape index (κ3) is 5.97. The first-order chi connectivity index (χ1) is 13.2. The first kappa shape index (κ1) is 21.7. The summed E-state index contributed by atoms with van der Waals surface area (Å²) in [6, 6.07) is 14.6. The number of rotatable bonds is 9. The summed E-state index contributed by atoms with van der Waals surface area (Å²) in [7, 11) is -0.582. The zero-order valence-electron chi connectivity index (χ0n) is 16.5. The standard InChI is InChI=1S/C20H26N2O5S/c1-15(14-27-18-12-10-17(26-3)11-13-18)21-20(23)19(22(2)28(4,24)25)16-8-6-5-7-9-16/h5-13,15,19H,14H2,1-4H3,(H,21,23)/t15-,19+/m0/s1. The summed E-state index contributed by atoms with van der Waals surface area (Å²) in [4.78, 5) is 12.8. The van der Waals surface area contributed by atoms with Crippen molar-refractivity contribution in [1.29, 1.82) is 0 Å². The van der Waals surface area contributed by atoms with E-state index in [9.17, 15) is 13.2 Å². The Labute approximate surface area is 166 Å². The molecule has 0 fully saturated rings. The number of benzene rings is 2. The molecule has 0 aliphatic rings. The van der Waals surface area contributed by atoms with E-state index in [4.69, 9.17) is 9.47 Å². The normalized spacial score (nSPS) is 13.6. The molecule has 2 aromatic rings. The summed E-state index contributed by atoms with van der Waals surface area (Å²) in [6.45, 7) is 2.03. The van der Waals surface area contributed by atoms with Gasteiger partial charge < -0.3 is 14.8 Å². The highest BCUT2D eigenvalue weighted by atomic mass is 32.2. The SMILES string of the molecule is COc1ccc(OC[C@H](C)NC(=O)[C@@H](c2ccccc2)N(C)S(C)(=O)=O)cc1. The zero-order chi connectivity index (χ0) is 20.7. The van der Waals surface area contributed by atoms with Crippen LogP contribution >= 0.6 is 0 Å². The maximum absolute atomic E-state index is 12.8. The van der Waals surface area contributed by atoms with Crippen molar-refractivity contribution in [2.75, 3.05) is 27.0 Å². The number of likely N-dealkylation sites (N-methyl/N-ethyl adjacent to an activating group) is 1. The molecule has 0 bridgehead atoms. The second-order valence-electron chi connectivity index (χ2n) is 6.49. The maximum Gasteiger partial charge on any atom is 0.243 e. The van der Waals surface area contributed by atoms with Gasteiger partial charge in [-0.1, -0.05) is 30.3 Å². The van der Waals surface area contributed by atoms with Gasteiger partial charge in [0.15, 0.2) is 0 Å². The van der Waals surface area contributed by atoms with Crippen LogP contribution in [0.25, 0.3) is 0 Å². The van der Waals surface area contributed by atoms with Crippen LogP contribution in [0.4, 0.5) is 0 Å². The van der Waals surface area contributed by atoms with E-state index < -0.39 is 22.0 Å². The van der Waals surface area contributed by atoms with Crippen LogP contribution in [0.15, 0.2) is 54.6 Å². The van der Waals surface area contributed by atoms with Gasteiger partial charge in [0, 0.05) is 7.05 Å². The minimum atomic E-state index is -3.56. The predicted molar refractivity (Wildman–Crippen MR) is 108 cm³/mol. The fourth-order valence-corrected chi connectivity index (χ4v) is 3.21. The Morgan fingerprint density at radius 1 is 1.07 bits per heavy atom.